The van der Waals surface area contributed by atoms with E-state index in [2.05, 4.69) is 10.3 Å². The summed E-state index contributed by atoms with van der Waals surface area (Å²) in [6, 6.07) is 8.98. The van der Waals surface area contributed by atoms with Crippen LogP contribution in [0.1, 0.15) is 43.6 Å². The van der Waals surface area contributed by atoms with Crippen molar-refractivity contribution in [2.75, 3.05) is 0 Å². The van der Waals surface area contributed by atoms with Gasteiger partial charge in [-0.25, -0.2) is 4.79 Å². The molecule has 1 aromatic carbocycles. The number of nitrogens with zero attached hydrogens (tertiary/aromatic N) is 1. The molecule has 0 aliphatic heterocycles. The van der Waals surface area contributed by atoms with Crippen molar-refractivity contribution in [1.82, 2.24) is 10.3 Å². The summed E-state index contributed by atoms with van der Waals surface area (Å²) < 4.78 is 43.4. The summed E-state index contributed by atoms with van der Waals surface area (Å²) in [4.78, 5) is 16.3. The molecule has 1 aromatic heterocycles. The number of rotatable bonds is 3. The molecule has 0 aliphatic carbocycles. The smallest absolute Gasteiger partial charge is 0.416 e. The number of alkyl halides is 3. The number of aromatic nitrogens is 1. The lowest BCUT2D eigenvalue weighted by Gasteiger charge is -2.24. The zero-order valence-corrected chi connectivity index (χ0v) is 14.1. The number of carbonyl (C=O) groups excluding carboxylic acids is 1. The monoisotopic (exact) mass is 352 g/mol. The number of alkyl carbamates (subject to hydrolysis) is 1. The molecule has 134 valence electrons. The predicted octanol–water partition coefficient (Wildman–Crippen LogP) is 4.71. The van der Waals surface area contributed by atoms with Gasteiger partial charge in [0.15, 0.2) is 0 Å². The highest BCUT2D eigenvalue weighted by Gasteiger charge is 2.30. The number of carbonyl (C=O) groups is 1. The third kappa shape index (κ3) is 5.48. The number of halogens is 3. The molecule has 1 unspecified atom stereocenters. The molecule has 2 aromatic rings. The van der Waals surface area contributed by atoms with Crippen LogP contribution in [-0.2, 0) is 10.9 Å². The molecule has 1 atom stereocenters. The number of amides is 1. The molecule has 0 bridgehead atoms. The van der Waals surface area contributed by atoms with E-state index in [1.54, 1.807) is 45.2 Å². The van der Waals surface area contributed by atoms with Crippen LogP contribution in [0, 0.1) is 0 Å². The third-order valence-corrected chi connectivity index (χ3v) is 3.22. The average Bonchev–Trinajstić information content (AvgIpc) is 2.51. The third-order valence-electron chi connectivity index (χ3n) is 3.22. The van der Waals surface area contributed by atoms with E-state index < -0.39 is 29.5 Å². The fourth-order valence-corrected chi connectivity index (χ4v) is 2.16. The zero-order chi connectivity index (χ0) is 18.7. The molecular formula is C18H19F3N2O2. The molecule has 25 heavy (non-hydrogen) atoms. The highest BCUT2D eigenvalue weighted by molar-refractivity contribution is 5.69. The van der Waals surface area contributed by atoms with Crippen LogP contribution in [0.4, 0.5) is 18.0 Å². The summed E-state index contributed by atoms with van der Waals surface area (Å²) in [7, 11) is 0. The zero-order valence-electron chi connectivity index (χ0n) is 14.1. The van der Waals surface area contributed by atoms with Gasteiger partial charge in [0.1, 0.15) is 5.60 Å². The molecule has 1 amide bonds. The highest BCUT2D eigenvalue weighted by atomic mass is 19.4. The fourth-order valence-electron chi connectivity index (χ4n) is 2.16. The minimum Gasteiger partial charge on any atom is -0.444 e. The Morgan fingerprint density at radius 2 is 1.72 bits per heavy atom. The molecule has 0 radical (unpaired) electrons. The molecule has 0 saturated carbocycles. The number of pyridine rings is 1. The van der Waals surface area contributed by atoms with E-state index in [0.29, 0.717) is 11.3 Å². The van der Waals surface area contributed by atoms with Crippen LogP contribution in [0.25, 0.3) is 0 Å². The summed E-state index contributed by atoms with van der Waals surface area (Å²) in [5.41, 5.74) is -0.488. The number of hydrogen-bond donors (Lipinski definition) is 1. The van der Waals surface area contributed by atoms with Gasteiger partial charge in [0.25, 0.3) is 0 Å². The molecule has 0 aliphatic rings. The van der Waals surface area contributed by atoms with Gasteiger partial charge in [-0.1, -0.05) is 18.2 Å². The summed E-state index contributed by atoms with van der Waals surface area (Å²) >= 11 is 0. The first-order valence-corrected chi connectivity index (χ1v) is 7.64. The maximum absolute atomic E-state index is 12.7. The Morgan fingerprint density at radius 3 is 2.20 bits per heavy atom. The quantitative estimate of drug-likeness (QED) is 0.870. The fraction of sp³-hybridized carbons (Fsp3) is 0.333. The van der Waals surface area contributed by atoms with Gasteiger partial charge in [-0.2, -0.15) is 13.2 Å². The Balaban J connectivity index is 2.31. The standard InChI is InChI=1S/C18H19F3N2O2/c1-17(2,3)25-16(24)23-15(14-6-4-5-11-22-14)12-7-9-13(10-8-12)18(19,20)21/h4-11,15H,1-3H3,(H,23,24). The topological polar surface area (TPSA) is 51.2 Å². The van der Waals surface area contributed by atoms with E-state index in [-0.39, 0.29) is 0 Å². The molecule has 1 heterocycles. The maximum Gasteiger partial charge on any atom is 0.416 e. The minimum atomic E-state index is -4.42. The predicted molar refractivity (Wildman–Crippen MR) is 86.9 cm³/mol. The summed E-state index contributed by atoms with van der Waals surface area (Å²) in [6.45, 7) is 5.17. The van der Waals surface area contributed by atoms with Crippen molar-refractivity contribution in [1.29, 1.82) is 0 Å². The molecule has 7 heteroatoms. The van der Waals surface area contributed by atoms with E-state index in [9.17, 15) is 18.0 Å². The van der Waals surface area contributed by atoms with Gasteiger partial charge < -0.3 is 10.1 Å². The van der Waals surface area contributed by atoms with Gasteiger partial charge in [0.2, 0.25) is 0 Å². The van der Waals surface area contributed by atoms with Crippen LogP contribution in [0.5, 0.6) is 0 Å². The van der Waals surface area contributed by atoms with Crippen molar-refractivity contribution < 1.29 is 22.7 Å². The lowest BCUT2D eigenvalue weighted by Crippen LogP contribution is -2.35. The summed E-state index contributed by atoms with van der Waals surface area (Å²) in [5, 5.41) is 2.66. The van der Waals surface area contributed by atoms with Gasteiger partial charge in [0, 0.05) is 6.20 Å². The first-order valence-electron chi connectivity index (χ1n) is 7.64. The van der Waals surface area contributed by atoms with Crippen LogP contribution in [0.3, 0.4) is 0 Å². The Hall–Kier alpha value is -2.57. The second kappa shape index (κ2) is 7.13. The minimum absolute atomic E-state index is 0.470. The highest BCUT2D eigenvalue weighted by Crippen LogP contribution is 2.30. The first-order chi connectivity index (χ1) is 11.6. The van der Waals surface area contributed by atoms with Gasteiger partial charge in [0.05, 0.1) is 17.3 Å². The molecule has 1 N–H and O–H groups in total. The van der Waals surface area contributed by atoms with Crippen molar-refractivity contribution in [2.45, 2.75) is 38.6 Å². The molecule has 4 nitrogen and oxygen atoms in total. The van der Waals surface area contributed by atoms with E-state index in [4.69, 9.17) is 4.74 Å². The second-order valence-electron chi connectivity index (χ2n) is 6.45. The number of ether oxygens (including phenoxy) is 1. The van der Waals surface area contributed by atoms with Crippen LogP contribution >= 0.6 is 0 Å². The van der Waals surface area contributed by atoms with Crippen molar-refractivity contribution in [3.8, 4) is 0 Å². The van der Waals surface area contributed by atoms with E-state index >= 15 is 0 Å². The maximum atomic E-state index is 12.7. The number of nitrogens with one attached hydrogen (secondary N) is 1. The van der Waals surface area contributed by atoms with Gasteiger partial charge in [-0.3, -0.25) is 4.98 Å². The number of benzene rings is 1. The Bertz CT molecular complexity index is 708. The van der Waals surface area contributed by atoms with Gasteiger partial charge >= 0.3 is 12.3 Å². The van der Waals surface area contributed by atoms with Crippen LogP contribution in [0.15, 0.2) is 48.7 Å². The van der Waals surface area contributed by atoms with Crippen molar-refractivity contribution in [3.05, 3.63) is 65.5 Å². The lowest BCUT2D eigenvalue weighted by atomic mass is 10.0. The molecule has 0 spiro atoms. The lowest BCUT2D eigenvalue weighted by molar-refractivity contribution is -0.137. The second-order valence-corrected chi connectivity index (χ2v) is 6.45. The summed E-state index contributed by atoms with van der Waals surface area (Å²) in [5.74, 6) is 0. The van der Waals surface area contributed by atoms with Crippen molar-refractivity contribution >= 4 is 6.09 Å². The molecular weight excluding hydrogens is 333 g/mol. The van der Waals surface area contributed by atoms with Gasteiger partial charge in [-0.05, 0) is 50.6 Å². The van der Waals surface area contributed by atoms with Crippen LogP contribution in [0.2, 0.25) is 0 Å². The van der Waals surface area contributed by atoms with Crippen LogP contribution < -0.4 is 5.32 Å². The normalized spacial score (nSPS) is 13.2. The van der Waals surface area contributed by atoms with Crippen molar-refractivity contribution in [2.24, 2.45) is 0 Å². The van der Waals surface area contributed by atoms with E-state index in [1.807, 2.05) is 0 Å². The SMILES string of the molecule is CC(C)(C)OC(=O)NC(c1ccc(C(F)(F)F)cc1)c1ccccn1. The van der Waals surface area contributed by atoms with E-state index in [0.717, 1.165) is 12.1 Å². The molecule has 2 rings (SSSR count). The Labute approximate surface area is 144 Å². The first kappa shape index (κ1) is 18.8. The van der Waals surface area contributed by atoms with Crippen LogP contribution in [-0.4, -0.2) is 16.7 Å². The Morgan fingerprint density at radius 1 is 1.08 bits per heavy atom. The molecule has 0 fully saturated rings. The van der Waals surface area contributed by atoms with E-state index in [1.165, 1.54) is 12.1 Å². The Kier molecular flexibility index (Phi) is 5.35. The largest absolute Gasteiger partial charge is 0.444 e. The molecule has 0 saturated heterocycles. The summed E-state index contributed by atoms with van der Waals surface area (Å²) in [6.07, 6.45) is -3.55. The number of hydrogen-bond acceptors (Lipinski definition) is 3. The average molecular weight is 352 g/mol. The van der Waals surface area contributed by atoms with Crippen molar-refractivity contribution in [3.63, 3.8) is 0 Å². The van der Waals surface area contributed by atoms with Gasteiger partial charge in [-0.15, -0.1) is 0 Å².